The summed E-state index contributed by atoms with van der Waals surface area (Å²) < 4.78 is 45.1. The average Bonchev–Trinajstić information content (AvgIpc) is 3.08. The number of phenolic OH excluding ortho intramolecular Hbond substituents is 2. The van der Waals surface area contributed by atoms with Crippen molar-refractivity contribution in [3.05, 3.63) is 122 Å². The van der Waals surface area contributed by atoms with Gasteiger partial charge in [-0.2, -0.15) is 13.2 Å². The number of ether oxygens (including phenoxy) is 1. The summed E-state index contributed by atoms with van der Waals surface area (Å²) in [7, 11) is 0. The minimum Gasteiger partial charge on any atom is -0.508 e. The molecule has 2 N–H and O–H groups in total. The molecular weight excluding hydrogens is 651 g/mol. The monoisotopic (exact) mass is 681 g/mol. The highest BCUT2D eigenvalue weighted by molar-refractivity contribution is 5.78. The number of nitrogens with zero attached hydrogens (tertiary/aromatic N) is 5. The summed E-state index contributed by atoms with van der Waals surface area (Å²) >= 11 is 0. The summed E-state index contributed by atoms with van der Waals surface area (Å²) in [6, 6.07) is 18.5. The fourth-order valence-corrected chi connectivity index (χ4v) is 5.36. The van der Waals surface area contributed by atoms with Gasteiger partial charge in [-0.05, 0) is 54.6 Å². The molecule has 0 radical (unpaired) electrons. The molecule has 0 bridgehead atoms. The Kier molecular flexibility index (Phi) is 10.1. The number of carbonyl (C=O) groups is 1. The smallest absolute Gasteiger partial charge is 0.416 e. The van der Waals surface area contributed by atoms with Gasteiger partial charge in [0.25, 0.3) is 17.3 Å². The molecule has 1 saturated heterocycles. The molecule has 0 saturated carbocycles. The lowest BCUT2D eigenvalue weighted by Gasteiger charge is -2.36. The second-order valence-corrected chi connectivity index (χ2v) is 11.2. The zero-order valence-electron chi connectivity index (χ0n) is 25.7. The minimum atomic E-state index is -4.45. The van der Waals surface area contributed by atoms with Crippen molar-refractivity contribution < 1.29 is 42.8 Å². The first-order valence-corrected chi connectivity index (χ1v) is 14.9. The summed E-state index contributed by atoms with van der Waals surface area (Å²) in [4.78, 5) is 39.4. The molecule has 4 aromatic rings. The molecule has 1 aliphatic heterocycles. The number of aromatic hydroxyl groups is 2. The number of hydrogen-bond acceptors (Lipinski definition) is 10. The maximum Gasteiger partial charge on any atom is 0.416 e. The normalized spacial score (nSPS) is 13.2. The van der Waals surface area contributed by atoms with Crippen LogP contribution in [0.4, 0.5) is 35.9 Å². The molecule has 256 valence electrons. The van der Waals surface area contributed by atoms with E-state index in [4.69, 9.17) is 4.74 Å². The van der Waals surface area contributed by atoms with Crippen LogP contribution in [0.3, 0.4) is 0 Å². The van der Waals surface area contributed by atoms with Crippen LogP contribution in [0.1, 0.15) is 16.7 Å². The number of hydrogen-bond donors (Lipinski definition) is 2. The topological polar surface area (TPSA) is 163 Å². The van der Waals surface area contributed by atoms with Gasteiger partial charge in [0.1, 0.15) is 17.2 Å². The third kappa shape index (κ3) is 8.46. The van der Waals surface area contributed by atoms with Crippen LogP contribution in [0.2, 0.25) is 0 Å². The molecule has 16 heteroatoms. The number of anilines is 2. The molecule has 13 nitrogen and oxygen atoms in total. The van der Waals surface area contributed by atoms with E-state index in [9.17, 15) is 48.4 Å². The van der Waals surface area contributed by atoms with Crippen LogP contribution in [-0.2, 0) is 24.1 Å². The number of nitro benzene ring substituents is 2. The molecule has 0 unspecified atom stereocenters. The predicted octanol–water partition coefficient (Wildman–Crippen LogP) is 5.87. The molecule has 0 aromatic heterocycles. The van der Waals surface area contributed by atoms with Gasteiger partial charge in [-0.25, -0.2) is 0 Å². The van der Waals surface area contributed by atoms with Crippen molar-refractivity contribution in [1.82, 2.24) is 4.90 Å². The van der Waals surface area contributed by atoms with Crippen LogP contribution in [0, 0.1) is 20.2 Å². The van der Waals surface area contributed by atoms with Crippen molar-refractivity contribution in [1.29, 1.82) is 0 Å². The molecule has 1 fully saturated rings. The molecule has 1 aliphatic rings. The van der Waals surface area contributed by atoms with E-state index in [1.807, 2.05) is 0 Å². The molecular formula is C33H30F3N5O8. The van der Waals surface area contributed by atoms with Gasteiger partial charge in [-0.3, -0.25) is 25.0 Å². The Bertz CT molecular complexity index is 1780. The molecule has 49 heavy (non-hydrogen) atoms. The Morgan fingerprint density at radius 3 is 1.86 bits per heavy atom. The van der Waals surface area contributed by atoms with Gasteiger partial charge in [0.2, 0.25) is 0 Å². The van der Waals surface area contributed by atoms with E-state index in [0.717, 1.165) is 24.3 Å². The summed E-state index contributed by atoms with van der Waals surface area (Å²) in [5.74, 6) is -0.409. The Morgan fingerprint density at radius 2 is 1.35 bits per heavy atom. The van der Waals surface area contributed by atoms with Gasteiger partial charge in [0.15, 0.2) is 6.61 Å². The van der Waals surface area contributed by atoms with Gasteiger partial charge in [-0.1, -0.05) is 6.07 Å². The van der Waals surface area contributed by atoms with Crippen molar-refractivity contribution in [2.45, 2.75) is 19.3 Å². The number of amides is 1. The van der Waals surface area contributed by atoms with E-state index in [2.05, 4.69) is 0 Å². The Balaban J connectivity index is 1.25. The van der Waals surface area contributed by atoms with E-state index >= 15 is 0 Å². The Morgan fingerprint density at radius 1 is 0.796 bits per heavy atom. The summed E-state index contributed by atoms with van der Waals surface area (Å²) in [5, 5.41) is 43.6. The number of halogens is 3. The minimum absolute atomic E-state index is 0.0825. The zero-order chi connectivity index (χ0) is 35.3. The fourth-order valence-electron chi connectivity index (χ4n) is 5.36. The van der Waals surface area contributed by atoms with E-state index in [-0.39, 0.29) is 59.6 Å². The number of nitro groups is 2. The fraction of sp³-hybridized carbons (Fsp3) is 0.242. The van der Waals surface area contributed by atoms with Crippen molar-refractivity contribution in [2.24, 2.45) is 0 Å². The number of alkyl halides is 3. The standard InChI is InChI=1S/C33H30F3N5O8/c34-33(35,36)24-2-1-3-26(18-24)37-12-14-38(15-13-37)32(44)21-49-29-8-4-25(5-9-29)39(19-22-16-27(40(45)46)6-10-30(22)42)20-23-17-28(41(47)48)7-11-31(23)43/h1-11,16-18,42-43H,12-15,19-21H2. The lowest BCUT2D eigenvalue weighted by atomic mass is 10.1. The number of carbonyl (C=O) groups excluding carboxylic acids is 1. The maximum absolute atomic E-state index is 13.1. The van der Waals surface area contributed by atoms with Crippen LogP contribution in [0.25, 0.3) is 0 Å². The van der Waals surface area contributed by atoms with Crippen LogP contribution in [-0.4, -0.2) is 63.7 Å². The number of benzene rings is 4. The van der Waals surface area contributed by atoms with Gasteiger partial charge in [0, 0.05) is 86.0 Å². The van der Waals surface area contributed by atoms with Gasteiger partial charge < -0.3 is 29.6 Å². The Hall–Kier alpha value is -6.06. The number of phenols is 2. The van der Waals surface area contributed by atoms with Gasteiger partial charge in [-0.15, -0.1) is 0 Å². The van der Waals surface area contributed by atoms with Crippen LogP contribution < -0.4 is 14.5 Å². The van der Waals surface area contributed by atoms with Gasteiger partial charge >= 0.3 is 6.18 Å². The third-order valence-corrected chi connectivity index (χ3v) is 8.01. The summed E-state index contributed by atoms with van der Waals surface area (Å²) in [5.41, 5.74) is 0.0644. The first kappa shape index (κ1) is 34.3. The Labute approximate surface area is 277 Å². The lowest BCUT2D eigenvalue weighted by molar-refractivity contribution is -0.385. The second kappa shape index (κ2) is 14.4. The van der Waals surface area contributed by atoms with Crippen molar-refractivity contribution in [3.8, 4) is 17.2 Å². The lowest BCUT2D eigenvalue weighted by Crippen LogP contribution is -2.50. The van der Waals surface area contributed by atoms with E-state index in [1.165, 1.54) is 30.3 Å². The molecule has 0 aliphatic carbocycles. The number of non-ortho nitro benzene ring substituents is 2. The van der Waals surface area contributed by atoms with Crippen molar-refractivity contribution >= 4 is 28.7 Å². The third-order valence-electron chi connectivity index (χ3n) is 8.01. The highest BCUT2D eigenvalue weighted by Crippen LogP contribution is 2.33. The second-order valence-electron chi connectivity index (χ2n) is 11.2. The predicted molar refractivity (Wildman–Crippen MR) is 172 cm³/mol. The van der Waals surface area contributed by atoms with E-state index in [1.54, 1.807) is 45.0 Å². The SMILES string of the molecule is O=C(COc1ccc(N(Cc2cc([N+](=O)[O-])ccc2O)Cc2cc([N+](=O)[O-])ccc2O)cc1)N1CCN(c2cccc(C(F)(F)F)c2)CC1. The van der Waals surface area contributed by atoms with E-state index in [0.29, 0.717) is 43.3 Å². The highest BCUT2D eigenvalue weighted by atomic mass is 19.4. The number of piperazine rings is 1. The van der Waals surface area contributed by atoms with Crippen molar-refractivity contribution in [3.63, 3.8) is 0 Å². The van der Waals surface area contributed by atoms with Crippen molar-refractivity contribution in [2.75, 3.05) is 42.6 Å². The average molecular weight is 682 g/mol. The summed E-state index contributed by atoms with van der Waals surface area (Å²) in [6.45, 7) is 0.815. The molecule has 5 rings (SSSR count). The first-order chi connectivity index (χ1) is 23.3. The molecule has 0 spiro atoms. The van der Waals surface area contributed by atoms with Crippen LogP contribution in [0.15, 0.2) is 84.9 Å². The quantitative estimate of drug-likeness (QED) is 0.145. The summed E-state index contributed by atoms with van der Waals surface area (Å²) in [6.07, 6.45) is -4.45. The highest BCUT2D eigenvalue weighted by Gasteiger charge is 2.31. The molecule has 0 atom stereocenters. The number of rotatable bonds is 11. The molecule has 1 heterocycles. The van der Waals surface area contributed by atoms with Gasteiger partial charge in [0.05, 0.1) is 15.4 Å². The van der Waals surface area contributed by atoms with Crippen LogP contribution >= 0.6 is 0 Å². The maximum atomic E-state index is 13.1. The van der Waals surface area contributed by atoms with E-state index < -0.39 is 21.6 Å². The largest absolute Gasteiger partial charge is 0.508 e. The molecule has 4 aromatic carbocycles. The molecule has 1 amide bonds. The first-order valence-electron chi connectivity index (χ1n) is 14.9. The zero-order valence-corrected chi connectivity index (χ0v) is 25.7. The van der Waals surface area contributed by atoms with Crippen LogP contribution in [0.5, 0.6) is 17.2 Å².